The number of hydrogen-bond donors (Lipinski definition) is 1. The Morgan fingerprint density at radius 3 is 2.65 bits per heavy atom. The molecule has 1 aromatic heterocycles. The molecule has 106 valence electrons. The van der Waals surface area contributed by atoms with Crippen LogP contribution in [-0.4, -0.2) is 29.0 Å². The normalized spacial score (nSPS) is 16.6. The summed E-state index contributed by atoms with van der Waals surface area (Å²) in [5.74, 6) is 1.73. The summed E-state index contributed by atoms with van der Waals surface area (Å²) < 4.78 is 4.50. The second-order valence-electron chi connectivity index (χ2n) is 5.37. The monoisotopic (exact) mass is 289 g/mol. The van der Waals surface area contributed by atoms with Gasteiger partial charge in [-0.1, -0.05) is 30.3 Å². The Labute approximate surface area is 123 Å². The van der Waals surface area contributed by atoms with Crippen LogP contribution in [0.5, 0.6) is 0 Å². The van der Waals surface area contributed by atoms with Crippen molar-refractivity contribution in [2.24, 2.45) is 5.92 Å². The van der Waals surface area contributed by atoms with Gasteiger partial charge in [-0.3, -0.25) is 0 Å². The van der Waals surface area contributed by atoms with E-state index in [9.17, 15) is 0 Å². The molecule has 0 bridgehead atoms. The second kappa shape index (κ2) is 6.33. The molecule has 2 heterocycles. The molecule has 1 saturated heterocycles. The fourth-order valence-corrected chi connectivity index (χ4v) is 3.37. The van der Waals surface area contributed by atoms with Gasteiger partial charge in [0, 0.05) is 37.0 Å². The Balaban J connectivity index is 1.62. The summed E-state index contributed by atoms with van der Waals surface area (Å²) in [5, 5.41) is 1.08. The van der Waals surface area contributed by atoms with E-state index in [0.717, 1.165) is 42.9 Å². The van der Waals surface area contributed by atoms with Gasteiger partial charge in [-0.05, 0) is 18.4 Å². The predicted molar refractivity (Wildman–Crippen MR) is 81.8 cm³/mol. The van der Waals surface area contributed by atoms with Gasteiger partial charge in [0.05, 0.1) is 6.54 Å². The van der Waals surface area contributed by atoms with E-state index in [0.29, 0.717) is 0 Å². The zero-order valence-corrected chi connectivity index (χ0v) is 12.5. The number of piperidine rings is 1. The molecule has 0 aliphatic carbocycles. The lowest BCUT2D eigenvalue weighted by atomic mass is 9.98. The molecule has 0 amide bonds. The summed E-state index contributed by atoms with van der Waals surface area (Å²) in [5.41, 5.74) is 5.29. The topological polar surface area (TPSA) is 56.7 Å². The first-order chi connectivity index (χ1) is 9.85. The molecule has 1 aromatic carbocycles. The zero-order chi connectivity index (χ0) is 13.8. The van der Waals surface area contributed by atoms with Gasteiger partial charge >= 0.3 is 0 Å². The van der Waals surface area contributed by atoms with Crippen LogP contribution in [0.25, 0.3) is 0 Å². The standard InChI is InChI=1S/C15H20N4S/c16-11-13-6-8-19(9-7-13)15-17-14(18-20-15)10-12-4-2-1-3-5-12/h1-5,13H,6-11,16H2/p+1. The van der Waals surface area contributed by atoms with Crippen LogP contribution in [-0.2, 0) is 6.42 Å². The van der Waals surface area contributed by atoms with Crippen LogP contribution >= 0.6 is 11.5 Å². The zero-order valence-electron chi connectivity index (χ0n) is 11.7. The quantitative estimate of drug-likeness (QED) is 0.930. The molecule has 20 heavy (non-hydrogen) atoms. The summed E-state index contributed by atoms with van der Waals surface area (Å²) >= 11 is 1.53. The van der Waals surface area contributed by atoms with Gasteiger partial charge in [0.25, 0.3) is 0 Å². The van der Waals surface area contributed by atoms with Crippen molar-refractivity contribution < 1.29 is 5.73 Å². The van der Waals surface area contributed by atoms with Crippen molar-refractivity contribution in [3.8, 4) is 0 Å². The Bertz CT molecular complexity index is 532. The molecule has 1 aliphatic heterocycles. The Kier molecular flexibility index (Phi) is 4.28. The van der Waals surface area contributed by atoms with Crippen LogP contribution < -0.4 is 10.6 Å². The molecule has 5 heteroatoms. The number of nitrogens with zero attached hydrogens (tertiary/aromatic N) is 3. The van der Waals surface area contributed by atoms with Gasteiger partial charge < -0.3 is 10.6 Å². The molecule has 0 spiro atoms. The van der Waals surface area contributed by atoms with Crippen LogP contribution in [0.4, 0.5) is 5.13 Å². The Hall–Kier alpha value is -1.46. The number of quaternary nitrogens is 1. The fourth-order valence-electron chi connectivity index (χ4n) is 2.64. The van der Waals surface area contributed by atoms with E-state index in [2.05, 4.69) is 39.3 Å². The number of rotatable bonds is 4. The summed E-state index contributed by atoms with van der Waals surface area (Å²) in [7, 11) is 0. The minimum atomic E-state index is 0.794. The molecular weight excluding hydrogens is 268 g/mol. The van der Waals surface area contributed by atoms with E-state index in [1.165, 1.54) is 29.9 Å². The molecule has 4 nitrogen and oxygen atoms in total. The summed E-state index contributed by atoms with van der Waals surface area (Å²) in [6.07, 6.45) is 3.29. The average Bonchev–Trinajstić information content (AvgIpc) is 2.97. The van der Waals surface area contributed by atoms with E-state index in [-0.39, 0.29) is 0 Å². The highest BCUT2D eigenvalue weighted by Crippen LogP contribution is 2.24. The molecule has 1 fully saturated rings. The highest BCUT2D eigenvalue weighted by molar-refractivity contribution is 7.09. The van der Waals surface area contributed by atoms with E-state index in [4.69, 9.17) is 4.98 Å². The SMILES string of the molecule is [NH3+]CC1CCN(c2nc(Cc3ccccc3)ns2)CC1. The first-order valence-electron chi connectivity index (χ1n) is 7.26. The molecule has 0 radical (unpaired) electrons. The Morgan fingerprint density at radius 1 is 1.20 bits per heavy atom. The molecule has 3 N–H and O–H groups in total. The van der Waals surface area contributed by atoms with E-state index >= 15 is 0 Å². The molecule has 3 rings (SSSR count). The van der Waals surface area contributed by atoms with Crippen molar-refractivity contribution >= 4 is 16.7 Å². The summed E-state index contributed by atoms with van der Waals surface area (Å²) in [4.78, 5) is 7.07. The van der Waals surface area contributed by atoms with Crippen molar-refractivity contribution in [1.29, 1.82) is 0 Å². The van der Waals surface area contributed by atoms with Gasteiger partial charge in [-0.25, -0.2) is 4.98 Å². The predicted octanol–water partition coefficient (Wildman–Crippen LogP) is 1.59. The molecular formula is C15H21N4S+. The number of hydrogen-bond acceptors (Lipinski definition) is 4. The number of anilines is 1. The lowest BCUT2D eigenvalue weighted by molar-refractivity contribution is -0.379. The van der Waals surface area contributed by atoms with Crippen LogP contribution in [0.2, 0.25) is 0 Å². The number of aromatic nitrogens is 2. The van der Waals surface area contributed by atoms with Gasteiger partial charge in [0.1, 0.15) is 5.82 Å². The molecule has 2 aromatic rings. The van der Waals surface area contributed by atoms with Gasteiger partial charge in [-0.2, -0.15) is 4.37 Å². The third-order valence-corrected chi connectivity index (χ3v) is 4.77. The lowest BCUT2D eigenvalue weighted by Crippen LogP contribution is -2.55. The molecule has 0 atom stereocenters. The van der Waals surface area contributed by atoms with Crippen LogP contribution in [0.3, 0.4) is 0 Å². The van der Waals surface area contributed by atoms with Crippen LogP contribution in [0.1, 0.15) is 24.2 Å². The van der Waals surface area contributed by atoms with E-state index in [1.807, 2.05) is 6.07 Å². The largest absolute Gasteiger partial charge is 0.357 e. The lowest BCUT2D eigenvalue weighted by Gasteiger charge is -2.29. The minimum Gasteiger partial charge on any atom is -0.357 e. The van der Waals surface area contributed by atoms with E-state index in [1.54, 1.807) is 0 Å². The second-order valence-corrected chi connectivity index (χ2v) is 6.10. The van der Waals surface area contributed by atoms with Crippen LogP contribution in [0.15, 0.2) is 30.3 Å². The highest BCUT2D eigenvalue weighted by Gasteiger charge is 2.21. The van der Waals surface area contributed by atoms with Gasteiger partial charge in [0.2, 0.25) is 5.13 Å². The molecule has 0 saturated carbocycles. The van der Waals surface area contributed by atoms with Gasteiger partial charge in [0.15, 0.2) is 0 Å². The number of benzene rings is 1. The smallest absolute Gasteiger partial charge is 0.205 e. The van der Waals surface area contributed by atoms with Crippen molar-refractivity contribution in [3.63, 3.8) is 0 Å². The van der Waals surface area contributed by atoms with Crippen molar-refractivity contribution in [2.75, 3.05) is 24.5 Å². The minimum absolute atomic E-state index is 0.794. The van der Waals surface area contributed by atoms with Crippen molar-refractivity contribution in [3.05, 3.63) is 41.7 Å². The molecule has 1 aliphatic rings. The summed E-state index contributed by atoms with van der Waals surface area (Å²) in [6.45, 7) is 3.25. The fraction of sp³-hybridized carbons (Fsp3) is 0.467. The highest BCUT2D eigenvalue weighted by atomic mass is 32.1. The average molecular weight is 289 g/mol. The third-order valence-electron chi connectivity index (χ3n) is 3.96. The van der Waals surface area contributed by atoms with E-state index < -0.39 is 0 Å². The Morgan fingerprint density at radius 2 is 1.95 bits per heavy atom. The first kappa shape index (κ1) is 13.5. The van der Waals surface area contributed by atoms with Crippen LogP contribution in [0, 0.1) is 5.92 Å². The third kappa shape index (κ3) is 3.16. The van der Waals surface area contributed by atoms with Crippen molar-refractivity contribution in [1.82, 2.24) is 9.36 Å². The summed E-state index contributed by atoms with van der Waals surface area (Å²) in [6, 6.07) is 10.4. The maximum Gasteiger partial charge on any atom is 0.205 e. The molecule has 0 unspecified atom stereocenters. The first-order valence-corrected chi connectivity index (χ1v) is 8.03. The maximum absolute atomic E-state index is 4.70. The van der Waals surface area contributed by atoms with Gasteiger partial charge in [-0.15, -0.1) is 0 Å². The maximum atomic E-state index is 4.70. The van der Waals surface area contributed by atoms with Crippen molar-refractivity contribution in [2.45, 2.75) is 19.3 Å².